The molecular formula is C8H17NS. The minimum atomic E-state index is 0.294. The van der Waals surface area contributed by atoms with E-state index in [-0.39, 0.29) is 0 Å². The van der Waals surface area contributed by atoms with Crippen LogP contribution in [-0.2, 0) is 0 Å². The molecule has 1 saturated heterocycles. The summed E-state index contributed by atoms with van der Waals surface area (Å²) in [6, 6.07) is 0. The number of hydrogen-bond acceptors (Lipinski definition) is 2. The fourth-order valence-electron chi connectivity index (χ4n) is 1.17. The molecule has 1 aliphatic rings. The van der Waals surface area contributed by atoms with Gasteiger partial charge in [0, 0.05) is 5.54 Å². The van der Waals surface area contributed by atoms with Gasteiger partial charge in [-0.3, -0.25) is 0 Å². The van der Waals surface area contributed by atoms with Crippen LogP contribution in [0.4, 0.5) is 0 Å². The van der Waals surface area contributed by atoms with Gasteiger partial charge in [0.15, 0.2) is 0 Å². The van der Waals surface area contributed by atoms with E-state index in [9.17, 15) is 0 Å². The Morgan fingerprint density at radius 2 is 2.10 bits per heavy atom. The molecule has 0 amide bonds. The summed E-state index contributed by atoms with van der Waals surface area (Å²) >= 11 is 2.06. The zero-order chi connectivity index (χ0) is 7.61. The number of nitrogens with one attached hydrogen (secondary N) is 1. The second-order valence-electron chi connectivity index (χ2n) is 3.90. The zero-order valence-corrected chi connectivity index (χ0v) is 7.92. The molecule has 1 atom stereocenters. The first kappa shape index (κ1) is 8.41. The highest BCUT2D eigenvalue weighted by Gasteiger charge is 2.20. The molecule has 0 aliphatic carbocycles. The molecule has 0 aromatic carbocycles. The van der Waals surface area contributed by atoms with E-state index in [4.69, 9.17) is 0 Å². The first-order valence-electron chi connectivity index (χ1n) is 3.97. The van der Waals surface area contributed by atoms with Gasteiger partial charge in [-0.15, -0.1) is 11.8 Å². The van der Waals surface area contributed by atoms with Gasteiger partial charge in [-0.2, -0.15) is 0 Å². The summed E-state index contributed by atoms with van der Waals surface area (Å²) in [5.74, 6) is 1.34. The van der Waals surface area contributed by atoms with Crippen molar-refractivity contribution >= 4 is 11.8 Å². The maximum Gasteiger partial charge on any atom is 0.0536 e. The third-order valence-electron chi connectivity index (χ3n) is 1.52. The van der Waals surface area contributed by atoms with Gasteiger partial charge in [-0.05, 0) is 39.4 Å². The minimum Gasteiger partial charge on any atom is -0.301 e. The lowest BCUT2D eigenvalue weighted by Gasteiger charge is -2.24. The molecule has 0 aromatic rings. The van der Waals surface area contributed by atoms with Crippen LogP contribution in [0.1, 0.15) is 33.6 Å². The minimum absolute atomic E-state index is 0.294. The Hall–Kier alpha value is 0.310. The molecule has 1 heterocycles. The molecule has 60 valence electrons. The lowest BCUT2D eigenvalue weighted by molar-refractivity contribution is 0.409. The third-order valence-corrected chi connectivity index (χ3v) is 2.80. The van der Waals surface area contributed by atoms with Gasteiger partial charge in [0.05, 0.1) is 5.37 Å². The Balaban J connectivity index is 2.24. The van der Waals surface area contributed by atoms with Crippen LogP contribution in [0.3, 0.4) is 0 Å². The van der Waals surface area contributed by atoms with Crippen molar-refractivity contribution in [2.75, 3.05) is 5.75 Å². The van der Waals surface area contributed by atoms with Gasteiger partial charge in [-0.1, -0.05) is 0 Å². The molecule has 1 aliphatic heterocycles. The normalized spacial score (nSPS) is 27.3. The van der Waals surface area contributed by atoms with Crippen LogP contribution in [0.25, 0.3) is 0 Å². The van der Waals surface area contributed by atoms with Crippen molar-refractivity contribution in [1.29, 1.82) is 0 Å². The molecule has 1 rings (SSSR count). The molecule has 1 unspecified atom stereocenters. The van der Waals surface area contributed by atoms with E-state index < -0.39 is 0 Å². The van der Waals surface area contributed by atoms with E-state index >= 15 is 0 Å². The fourth-order valence-corrected chi connectivity index (χ4v) is 2.56. The molecule has 1 N–H and O–H groups in total. The standard InChI is InChI=1S/C8H17NS/c1-8(2,3)9-7-5-4-6-10-7/h7,9H,4-6H2,1-3H3. The maximum absolute atomic E-state index is 3.58. The van der Waals surface area contributed by atoms with Crippen molar-refractivity contribution in [2.24, 2.45) is 0 Å². The highest BCUT2D eigenvalue weighted by atomic mass is 32.2. The smallest absolute Gasteiger partial charge is 0.0536 e. The Kier molecular flexibility index (Phi) is 2.64. The number of rotatable bonds is 1. The third kappa shape index (κ3) is 2.93. The predicted molar refractivity (Wildman–Crippen MR) is 48.4 cm³/mol. The number of hydrogen-bond donors (Lipinski definition) is 1. The zero-order valence-electron chi connectivity index (χ0n) is 7.11. The molecule has 10 heavy (non-hydrogen) atoms. The van der Waals surface area contributed by atoms with Crippen LogP contribution in [0.5, 0.6) is 0 Å². The molecule has 1 fully saturated rings. The predicted octanol–water partition coefficient (Wildman–Crippen LogP) is 2.23. The molecule has 0 radical (unpaired) electrons. The molecule has 1 nitrogen and oxygen atoms in total. The molecular weight excluding hydrogens is 142 g/mol. The average Bonchev–Trinajstić information content (AvgIpc) is 2.12. The lowest BCUT2D eigenvalue weighted by Crippen LogP contribution is -2.40. The highest BCUT2D eigenvalue weighted by molar-refractivity contribution is 8.00. The van der Waals surface area contributed by atoms with E-state index in [1.807, 2.05) is 0 Å². The Bertz CT molecular complexity index is 100. The summed E-state index contributed by atoms with van der Waals surface area (Å²) in [7, 11) is 0. The average molecular weight is 159 g/mol. The summed E-state index contributed by atoms with van der Waals surface area (Å²) in [4.78, 5) is 0. The first-order valence-corrected chi connectivity index (χ1v) is 5.02. The largest absolute Gasteiger partial charge is 0.301 e. The van der Waals surface area contributed by atoms with Crippen molar-refractivity contribution in [3.63, 3.8) is 0 Å². The summed E-state index contributed by atoms with van der Waals surface area (Å²) in [5, 5.41) is 4.30. The van der Waals surface area contributed by atoms with E-state index in [1.165, 1.54) is 18.6 Å². The van der Waals surface area contributed by atoms with Crippen molar-refractivity contribution in [1.82, 2.24) is 5.32 Å². The van der Waals surface area contributed by atoms with Crippen LogP contribution in [0, 0.1) is 0 Å². The van der Waals surface area contributed by atoms with Crippen LogP contribution in [0.15, 0.2) is 0 Å². The van der Waals surface area contributed by atoms with Gasteiger partial charge < -0.3 is 5.32 Å². The van der Waals surface area contributed by atoms with Crippen molar-refractivity contribution < 1.29 is 0 Å². The van der Waals surface area contributed by atoms with Gasteiger partial charge in [0.2, 0.25) is 0 Å². The van der Waals surface area contributed by atoms with E-state index in [2.05, 4.69) is 37.8 Å². The molecule has 0 saturated carbocycles. The molecule has 0 aromatic heterocycles. The Labute approximate surface area is 68.0 Å². The van der Waals surface area contributed by atoms with Crippen LogP contribution >= 0.6 is 11.8 Å². The summed E-state index contributed by atoms with van der Waals surface area (Å²) < 4.78 is 0. The first-order chi connectivity index (χ1) is 4.58. The number of thioether (sulfide) groups is 1. The van der Waals surface area contributed by atoms with Crippen molar-refractivity contribution in [2.45, 2.75) is 44.5 Å². The van der Waals surface area contributed by atoms with E-state index in [0.29, 0.717) is 5.54 Å². The van der Waals surface area contributed by atoms with Crippen molar-refractivity contribution in [3.8, 4) is 0 Å². The van der Waals surface area contributed by atoms with Gasteiger partial charge in [-0.25, -0.2) is 0 Å². The van der Waals surface area contributed by atoms with E-state index in [0.717, 1.165) is 5.37 Å². The van der Waals surface area contributed by atoms with E-state index in [1.54, 1.807) is 0 Å². The maximum atomic E-state index is 3.58. The summed E-state index contributed by atoms with van der Waals surface area (Å²) in [6.45, 7) is 6.68. The summed E-state index contributed by atoms with van der Waals surface area (Å²) in [5.41, 5.74) is 0.294. The lowest BCUT2D eigenvalue weighted by atomic mass is 10.1. The quantitative estimate of drug-likeness (QED) is 0.629. The highest BCUT2D eigenvalue weighted by Crippen LogP contribution is 2.25. The topological polar surface area (TPSA) is 12.0 Å². The second kappa shape index (κ2) is 3.14. The van der Waals surface area contributed by atoms with Crippen molar-refractivity contribution in [3.05, 3.63) is 0 Å². The van der Waals surface area contributed by atoms with Crippen LogP contribution < -0.4 is 5.32 Å². The molecule has 0 spiro atoms. The van der Waals surface area contributed by atoms with Gasteiger partial charge >= 0.3 is 0 Å². The van der Waals surface area contributed by atoms with Gasteiger partial charge in [0.25, 0.3) is 0 Å². The molecule has 0 bridgehead atoms. The SMILES string of the molecule is CC(C)(C)NC1CCCS1. The Morgan fingerprint density at radius 3 is 2.50 bits per heavy atom. The molecule has 2 heteroatoms. The van der Waals surface area contributed by atoms with Crippen LogP contribution in [0.2, 0.25) is 0 Å². The fraction of sp³-hybridized carbons (Fsp3) is 1.00. The monoisotopic (exact) mass is 159 g/mol. The van der Waals surface area contributed by atoms with Gasteiger partial charge in [0.1, 0.15) is 0 Å². The summed E-state index contributed by atoms with van der Waals surface area (Å²) in [6.07, 6.45) is 2.74. The van der Waals surface area contributed by atoms with Crippen LogP contribution in [-0.4, -0.2) is 16.7 Å². The second-order valence-corrected chi connectivity index (χ2v) is 5.21. The Morgan fingerprint density at radius 1 is 1.40 bits per heavy atom.